The molecule has 0 radical (unpaired) electrons. The Balaban J connectivity index is 1.61. The quantitative estimate of drug-likeness (QED) is 0.723. The lowest BCUT2D eigenvalue weighted by Gasteiger charge is -2.32. The molecule has 2 aliphatic rings. The molecule has 1 aliphatic heterocycles. The van der Waals surface area contributed by atoms with Gasteiger partial charge in [-0.3, -0.25) is 9.59 Å². The molecule has 1 aliphatic carbocycles. The van der Waals surface area contributed by atoms with Gasteiger partial charge in [0.25, 0.3) is 5.91 Å². The Morgan fingerprint density at radius 3 is 2.13 bits per heavy atom. The zero-order valence-electron chi connectivity index (χ0n) is 18.8. The fourth-order valence-electron chi connectivity index (χ4n) is 4.51. The van der Waals surface area contributed by atoms with Crippen LogP contribution in [-0.4, -0.2) is 61.7 Å². The van der Waals surface area contributed by atoms with E-state index in [0.29, 0.717) is 31.5 Å². The Morgan fingerprint density at radius 2 is 1.58 bits per heavy atom. The van der Waals surface area contributed by atoms with Crippen LogP contribution >= 0.6 is 0 Å². The van der Waals surface area contributed by atoms with Crippen molar-refractivity contribution < 1.29 is 18.0 Å². The van der Waals surface area contributed by atoms with Crippen molar-refractivity contribution >= 4 is 21.8 Å². The number of nitrogens with one attached hydrogen (secondary N) is 1. The molecule has 0 unspecified atom stereocenters. The van der Waals surface area contributed by atoms with Crippen LogP contribution in [0.4, 0.5) is 0 Å². The van der Waals surface area contributed by atoms with Gasteiger partial charge in [-0.05, 0) is 63.8 Å². The van der Waals surface area contributed by atoms with Crippen molar-refractivity contribution in [3.8, 4) is 0 Å². The predicted molar refractivity (Wildman–Crippen MR) is 120 cm³/mol. The first-order valence-corrected chi connectivity index (χ1v) is 12.8. The van der Waals surface area contributed by atoms with E-state index >= 15 is 0 Å². The topological polar surface area (TPSA) is 86.8 Å². The number of likely N-dealkylation sites (tertiary alicyclic amines) is 1. The smallest absolute Gasteiger partial charge is 0.253 e. The molecule has 0 atom stereocenters. The van der Waals surface area contributed by atoms with E-state index < -0.39 is 10.0 Å². The molecule has 7 nitrogen and oxygen atoms in total. The molecule has 1 saturated heterocycles. The van der Waals surface area contributed by atoms with Gasteiger partial charge in [0.05, 0.1) is 4.90 Å². The number of benzene rings is 1. The van der Waals surface area contributed by atoms with E-state index in [4.69, 9.17) is 0 Å². The number of sulfonamides is 1. The van der Waals surface area contributed by atoms with Crippen LogP contribution in [0.3, 0.4) is 0 Å². The van der Waals surface area contributed by atoms with Gasteiger partial charge < -0.3 is 10.2 Å². The van der Waals surface area contributed by atoms with E-state index in [2.05, 4.69) is 5.32 Å². The number of rotatable bonds is 6. The highest BCUT2D eigenvalue weighted by molar-refractivity contribution is 7.89. The summed E-state index contributed by atoms with van der Waals surface area (Å²) < 4.78 is 27.5. The largest absolute Gasteiger partial charge is 0.354 e. The van der Waals surface area contributed by atoms with Gasteiger partial charge >= 0.3 is 0 Å². The molecular formula is C23H35N3O4S. The third kappa shape index (κ3) is 5.66. The predicted octanol–water partition coefficient (Wildman–Crippen LogP) is 3.02. The normalized spacial score (nSPS) is 19.1. The number of piperidine rings is 1. The number of carbonyl (C=O) groups is 2. The van der Waals surface area contributed by atoms with Gasteiger partial charge in [-0.15, -0.1) is 0 Å². The molecule has 1 aromatic carbocycles. The molecule has 0 bridgehead atoms. The van der Waals surface area contributed by atoms with Crippen LogP contribution < -0.4 is 5.32 Å². The van der Waals surface area contributed by atoms with E-state index in [1.54, 1.807) is 24.1 Å². The van der Waals surface area contributed by atoms with Crippen LogP contribution in [0.2, 0.25) is 0 Å². The summed E-state index contributed by atoms with van der Waals surface area (Å²) in [5.41, 5.74) is 0.476. The molecule has 3 rings (SSSR count). The minimum absolute atomic E-state index is 0.0502. The summed E-state index contributed by atoms with van der Waals surface area (Å²) in [4.78, 5) is 27.0. The van der Waals surface area contributed by atoms with Gasteiger partial charge in [-0.25, -0.2) is 8.42 Å². The zero-order valence-corrected chi connectivity index (χ0v) is 19.7. The molecule has 0 spiro atoms. The van der Waals surface area contributed by atoms with Gasteiger partial charge in [0.1, 0.15) is 0 Å². The maximum atomic E-state index is 13.0. The van der Waals surface area contributed by atoms with Crippen molar-refractivity contribution in [1.29, 1.82) is 0 Å². The molecule has 2 fully saturated rings. The van der Waals surface area contributed by atoms with Crippen LogP contribution in [0, 0.1) is 5.92 Å². The average molecular weight is 450 g/mol. The first kappa shape index (κ1) is 23.7. The minimum Gasteiger partial charge on any atom is -0.354 e. The number of nitrogens with zero attached hydrogens (tertiary/aromatic N) is 2. The fraction of sp³-hybridized carbons (Fsp3) is 0.652. The van der Waals surface area contributed by atoms with Gasteiger partial charge in [0.15, 0.2) is 0 Å². The second-order valence-electron chi connectivity index (χ2n) is 9.07. The fourth-order valence-corrected chi connectivity index (χ4v) is 5.92. The number of amides is 2. The van der Waals surface area contributed by atoms with Crippen molar-refractivity contribution in [3.63, 3.8) is 0 Å². The molecule has 8 heteroatoms. The third-order valence-electron chi connectivity index (χ3n) is 6.45. The summed E-state index contributed by atoms with van der Waals surface area (Å²) in [6, 6.07) is 6.42. The van der Waals surface area contributed by atoms with Crippen LogP contribution in [0.5, 0.6) is 0 Å². The van der Waals surface area contributed by atoms with Gasteiger partial charge in [-0.2, -0.15) is 4.31 Å². The monoisotopic (exact) mass is 449 g/mol. The Kier molecular flexibility index (Phi) is 7.75. The van der Waals surface area contributed by atoms with E-state index in [0.717, 1.165) is 25.7 Å². The second kappa shape index (κ2) is 10.1. The molecule has 1 saturated carbocycles. The molecule has 0 aromatic heterocycles. The summed E-state index contributed by atoms with van der Waals surface area (Å²) in [5, 5.41) is 2.94. The Bertz CT molecular complexity index is 869. The van der Waals surface area contributed by atoms with Crippen molar-refractivity contribution in [2.45, 2.75) is 75.8 Å². The summed E-state index contributed by atoms with van der Waals surface area (Å²) in [7, 11) is -1.91. The highest BCUT2D eigenvalue weighted by atomic mass is 32.2. The van der Waals surface area contributed by atoms with Crippen LogP contribution in [0.25, 0.3) is 0 Å². The van der Waals surface area contributed by atoms with Gasteiger partial charge in [0.2, 0.25) is 15.9 Å². The van der Waals surface area contributed by atoms with Crippen molar-refractivity contribution in [2.24, 2.45) is 5.92 Å². The standard InChI is InChI=1S/C23H35N3O4S/c1-17(2)24-22(27)18-13-15-26(16-14-18)23(28)19-9-11-21(12-10-19)31(29,30)25(3)20-7-5-4-6-8-20/h9-12,17-18,20H,4-8,13-16H2,1-3H3,(H,24,27). The first-order valence-electron chi connectivity index (χ1n) is 11.4. The molecular weight excluding hydrogens is 414 g/mol. The maximum Gasteiger partial charge on any atom is 0.253 e. The number of carbonyl (C=O) groups excluding carboxylic acids is 2. The van der Waals surface area contributed by atoms with Crippen LogP contribution in [0.1, 0.15) is 69.2 Å². The van der Waals surface area contributed by atoms with Gasteiger partial charge in [-0.1, -0.05) is 19.3 Å². The van der Waals surface area contributed by atoms with E-state index in [1.807, 2.05) is 13.8 Å². The minimum atomic E-state index is -3.57. The summed E-state index contributed by atoms with van der Waals surface area (Å²) in [6.07, 6.45) is 6.38. The zero-order chi connectivity index (χ0) is 22.6. The molecule has 1 heterocycles. The van der Waals surface area contributed by atoms with Crippen molar-refractivity contribution in [3.05, 3.63) is 29.8 Å². The maximum absolute atomic E-state index is 13.0. The summed E-state index contributed by atoms with van der Waals surface area (Å²) in [6.45, 7) is 4.93. The third-order valence-corrected chi connectivity index (χ3v) is 8.38. The first-order chi connectivity index (χ1) is 14.7. The second-order valence-corrected chi connectivity index (χ2v) is 11.1. The summed E-state index contributed by atoms with van der Waals surface area (Å²) >= 11 is 0. The lowest BCUT2D eigenvalue weighted by molar-refractivity contribution is -0.126. The Labute approximate surface area is 186 Å². The molecule has 1 aromatic rings. The van der Waals surface area contributed by atoms with Crippen LogP contribution in [-0.2, 0) is 14.8 Å². The molecule has 1 N–H and O–H groups in total. The lowest BCUT2D eigenvalue weighted by Crippen LogP contribution is -2.44. The van der Waals surface area contributed by atoms with Gasteiger partial charge in [0, 0.05) is 43.7 Å². The van der Waals surface area contributed by atoms with Crippen molar-refractivity contribution in [2.75, 3.05) is 20.1 Å². The highest BCUT2D eigenvalue weighted by Gasteiger charge is 2.30. The van der Waals surface area contributed by atoms with E-state index in [1.165, 1.54) is 22.9 Å². The Morgan fingerprint density at radius 1 is 1.00 bits per heavy atom. The van der Waals surface area contributed by atoms with E-state index in [-0.39, 0.29) is 34.7 Å². The van der Waals surface area contributed by atoms with Crippen LogP contribution in [0.15, 0.2) is 29.2 Å². The molecule has 31 heavy (non-hydrogen) atoms. The number of hydrogen-bond acceptors (Lipinski definition) is 4. The summed E-state index contributed by atoms with van der Waals surface area (Å²) in [5.74, 6) is -0.125. The molecule has 172 valence electrons. The highest BCUT2D eigenvalue weighted by Crippen LogP contribution is 2.27. The van der Waals surface area contributed by atoms with E-state index in [9.17, 15) is 18.0 Å². The van der Waals surface area contributed by atoms with Crippen molar-refractivity contribution in [1.82, 2.24) is 14.5 Å². The Hall–Kier alpha value is -1.93. The lowest BCUT2D eigenvalue weighted by atomic mass is 9.95. The number of hydrogen-bond donors (Lipinski definition) is 1. The molecule has 2 amide bonds. The average Bonchev–Trinajstić information content (AvgIpc) is 2.78. The SMILES string of the molecule is CC(C)NC(=O)C1CCN(C(=O)c2ccc(S(=O)(=O)N(C)C3CCCCC3)cc2)CC1.